The van der Waals surface area contributed by atoms with Crippen molar-refractivity contribution in [3.8, 4) is 0 Å². The molecule has 0 saturated heterocycles. The zero-order valence-corrected chi connectivity index (χ0v) is 16.0. The first-order chi connectivity index (χ1) is 12.7. The van der Waals surface area contributed by atoms with E-state index in [0.717, 1.165) is 35.9 Å². The fraction of sp³-hybridized carbons (Fsp3) is 0.545. The topological polar surface area (TPSA) is 51.8 Å². The van der Waals surface area contributed by atoms with Crippen LogP contribution in [0.25, 0.3) is 0 Å². The van der Waals surface area contributed by atoms with Gasteiger partial charge in [0, 0.05) is 23.4 Å². The Hall–Kier alpha value is -1.39. The molecule has 1 aromatic carbocycles. The van der Waals surface area contributed by atoms with E-state index in [1.54, 1.807) is 0 Å². The molecular weight excluding hydrogens is 338 g/mol. The van der Waals surface area contributed by atoms with Crippen molar-refractivity contribution < 1.29 is 0 Å². The second kappa shape index (κ2) is 6.65. The van der Waals surface area contributed by atoms with Gasteiger partial charge in [0.25, 0.3) is 0 Å². The smallest absolute Gasteiger partial charge is 0.114 e. The third-order valence-electron chi connectivity index (χ3n) is 6.71. The summed E-state index contributed by atoms with van der Waals surface area (Å²) in [6, 6.07) is 8.80. The van der Waals surface area contributed by atoms with Crippen molar-refractivity contribution in [2.75, 3.05) is 5.75 Å². The largest absolute Gasteiger partial charge is 0.321 e. The van der Waals surface area contributed by atoms with E-state index in [1.165, 1.54) is 42.6 Å². The summed E-state index contributed by atoms with van der Waals surface area (Å²) >= 11 is 1.86. The van der Waals surface area contributed by atoms with E-state index in [0.29, 0.717) is 11.8 Å². The number of benzene rings is 1. The van der Waals surface area contributed by atoms with Gasteiger partial charge in [0.15, 0.2) is 0 Å². The molecule has 0 radical (unpaired) electrons. The first-order valence-corrected chi connectivity index (χ1v) is 11.0. The highest BCUT2D eigenvalue weighted by molar-refractivity contribution is 7.99. The van der Waals surface area contributed by atoms with E-state index >= 15 is 0 Å². The summed E-state index contributed by atoms with van der Waals surface area (Å²) in [5.74, 6) is 3.20. The molecule has 0 amide bonds. The van der Waals surface area contributed by atoms with Crippen LogP contribution >= 0.6 is 11.8 Å². The van der Waals surface area contributed by atoms with Crippen LogP contribution in [0.2, 0.25) is 0 Å². The van der Waals surface area contributed by atoms with Crippen molar-refractivity contribution in [2.24, 2.45) is 17.6 Å². The molecule has 5 rings (SSSR count). The lowest BCUT2D eigenvalue weighted by atomic mass is 9.81. The molecule has 2 N–H and O–H groups in total. The minimum atomic E-state index is -0.140. The third kappa shape index (κ3) is 3.07. The Labute approximate surface area is 160 Å². The Morgan fingerprint density at radius 1 is 1.04 bits per heavy atom. The van der Waals surface area contributed by atoms with Crippen LogP contribution in [0.3, 0.4) is 0 Å². The molecule has 1 aromatic heterocycles. The highest BCUT2D eigenvalue weighted by atomic mass is 32.2. The SMILES string of the molecule is N[C@@]12CC[C@@H](c3cnc(SCC4CC4)cn3)CCC1Cc1ccccc12. The van der Waals surface area contributed by atoms with Crippen molar-refractivity contribution >= 4 is 11.8 Å². The molecule has 26 heavy (non-hydrogen) atoms. The minimum absolute atomic E-state index is 0.140. The molecule has 3 nitrogen and oxygen atoms in total. The number of fused-ring (bicyclic) bond motifs is 3. The van der Waals surface area contributed by atoms with E-state index in [9.17, 15) is 0 Å². The maximum Gasteiger partial charge on any atom is 0.114 e. The highest BCUT2D eigenvalue weighted by Crippen LogP contribution is 2.49. The predicted molar refractivity (Wildman–Crippen MR) is 106 cm³/mol. The molecule has 136 valence electrons. The Morgan fingerprint density at radius 2 is 1.92 bits per heavy atom. The van der Waals surface area contributed by atoms with E-state index in [1.807, 2.05) is 24.2 Å². The monoisotopic (exact) mass is 365 g/mol. The number of thioether (sulfide) groups is 1. The van der Waals surface area contributed by atoms with Gasteiger partial charge in [0.05, 0.1) is 11.9 Å². The summed E-state index contributed by atoms with van der Waals surface area (Å²) in [5, 5.41) is 1.08. The average molecular weight is 366 g/mol. The van der Waals surface area contributed by atoms with Gasteiger partial charge in [-0.1, -0.05) is 24.3 Å². The van der Waals surface area contributed by atoms with Crippen molar-refractivity contribution in [2.45, 2.75) is 61.4 Å². The average Bonchev–Trinajstić information content (AvgIpc) is 3.47. The van der Waals surface area contributed by atoms with Crippen molar-refractivity contribution in [3.63, 3.8) is 0 Å². The molecule has 3 aliphatic rings. The van der Waals surface area contributed by atoms with Crippen LogP contribution in [-0.2, 0) is 12.0 Å². The predicted octanol–water partition coefficient (Wildman–Crippen LogP) is 4.66. The standard InChI is InChI=1S/C22H27N3S/c23-22-10-9-16(7-8-18(22)11-17-3-1-2-4-19(17)22)20-12-25-21(13-24-20)26-14-15-5-6-15/h1-4,12-13,15-16,18H,5-11,14,23H2/t16-,18?,22-/m0/s1. The van der Waals surface area contributed by atoms with Crippen LogP contribution in [0.5, 0.6) is 0 Å². The summed E-state index contributed by atoms with van der Waals surface area (Å²) in [5.41, 5.74) is 10.9. The number of nitrogens with zero attached hydrogens (tertiary/aromatic N) is 2. The van der Waals surface area contributed by atoms with Crippen LogP contribution < -0.4 is 5.73 Å². The maximum atomic E-state index is 6.97. The summed E-state index contributed by atoms with van der Waals surface area (Å²) < 4.78 is 0. The van der Waals surface area contributed by atoms with Gasteiger partial charge < -0.3 is 5.73 Å². The van der Waals surface area contributed by atoms with Gasteiger partial charge in [-0.3, -0.25) is 4.98 Å². The lowest BCUT2D eigenvalue weighted by Crippen LogP contribution is -2.40. The van der Waals surface area contributed by atoms with Gasteiger partial charge in [-0.15, -0.1) is 11.8 Å². The van der Waals surface area contributed by atoms with E-state index in [2.05, 4.69) is 29.2 Å². The molecule has 2 saturated carbocycles. The molecule has 1 unspecified atom stereocenters. The Balaban J connectivity index is 1.29. The van der Waals surface area contributed by atoms with Gasteiger partial charge in [-0.05, 0) is 67.9 Å². The molecule has 2 fully saturated rings. The fourth-order valence-electron chi connectivity index (χ4n) is 4.87. The molecule has 1 heterocycles. The van der Waals surface area contributed by atoms with Crippen LogP contribution in [0.1, 0.15) is 61.3 Å². The molecular formula is C22H27N3S. The fourth-order valence-corrected chi connectivity index (χ4v) is 5.87. The van der Waals surface area contributed by atoms with Gasteiger partial charge in [-0.25, -0.2) is 4.98 Å². The highest BCUT2D eigenvalue weighted by Gasteiger charge is 2.45. The summed E-state index contributed by atoms with van der Waals surface area (Å²) in [6.07, 6.45) is 12.5. The number of aromatic nitrogens is 2. The number of rotatable bonds is 4. The van der Waals surface area contributed by atoms with Gasteiger partial charge in [0.1, 0.15) is 5.03 Å². The minimum Gasteiger partial charge on any atom is -0.321 e. The molecule has 0 spiro atoms. The second-order valence-electron chi connectivity index (χ2n) is 8.45. The van der Waals surface area contributed by atoms with Crippen LogP contribution in [0, 0.1) is 11.8 Å². The maximum absolute atomic E-state index is 6.97. The lowest BCUT2D eigenvalue weighted by molar-refractivity contribution is 0.283. The summed E-state index contributed by atoms with van der Waals surface area (Å²) in [7, 11) is 0. The second-order valence-corrected chi connectivity index (χ2v) is 9.49. The number of nitrogens with two attached hydrogens (primary N) is 1. The summed E-state index contributed by atoms with van der Waals surface area (Å²) in [6.45, 7) is 0. The van der Waals surface area contributed by atoms with Gasteiger partial charge in [-0.2, -0.15) is 0 Å². The Morgan fingerprint density at radius 3 is 2.73 bits per heavy atom. The Kier molecular flexibility index (Phi) is 4.29. The molecule has 3 atom stereocenters. The first kappa shape index (κ1) is 16.8. The zero-order chi connectivity index (χ0) is 17.6. The molecule has 0 aliphatic heterocycles. The summed E-state index contributed by atoms with van der Waals surface area (Å²) in [4.78, 5) is 9.46. The van der Waals surface area contributed by atoms with Gasteiger partial charge in [0.2, 0.25) is 0 Å². The third-order valence-corrected chi connectivity index (χ3v) is 7.86. The number of hydrogen-bond donors (Lipinski definition) is 1. The van der Waals surface area contributed by atoms with Crippen molar-refractivity contribution in [3.05, 3.63) is 53.5 Å². The normalized spacial score (nSPS) is 30.5. The van der Waals surface area contributed by atoms with E-state index < -0.39 is 0 Å². The first-order valence-electron chi connectivity index (χ1n) is 10.0. The lowest BCUT2D eigenvalue weighted by Gasteiger charge is -2.31. The molecule has 4 heteroatoms. The van der Waals surface area contributed by atoms with E-state index in [4.69, 9.17) is 10.7 Å². The quantitative estimate of drug-likeness (QED) is 0.801. The van der Waals surface area contributed by atoms with Crippen LogP contribution in [0.15, 0.2) is 41.7 Å². The molecule has 3 aliphatic carbocycles. The molecule has 2 aromatic rings. The number of hydrogen-bond acceptors (Lipinski definition) is 4. The van der Waals surface area contributed by atoms with Crippen molar-refractivity contribution in [1.82, 2.24) is 9.97 Å². The molecule has 0 bridgehead atoms. The van der Waals surface area contributed by atoms with Crippen LogP contribution in [0.4, 0.5) is 0 Å². The van der Waals surface area contributed by atoms with Crippen molar-refractivity contribution in [1.29, 1.82) is 0 Å². The Bertz CT molecular complexity index is 786. The van der Waals surface area contributed by atoms with Crippen LogP contribution in [-0.4, -0.2) is 15.7 Å². The van der Waals surface area contributed by atoms with Gasteiger partial charge >= 0.3 is 0 Å². The zero-order valence-electron chi connectivity index (χ0n) is 15.2. The van der Waals surface area contributed by atoms with E-state index in [-0.39, 0.29) is 5.54 Å².